The molecule has 0 aromatic heterocycles. The molecule has 0 unspecified atom stereocenters. The van der Waals surface area contributed by atoms with E-state index in [2.05, 4.69) is 30.9 Å². The molecule has 8 heteroatoms. The molecule has 32 heavy (non-hydrogen) atoms. The lowest BCUT2D eigenvalue weighted by atomic mass is 9.68. The van der Waals surface area contributed by atoms with Gasteiger partial charge in [0.05, 0.1) is 11.6 Å². The van der Waals surface area contributed by atoms with E-state index in [9.17, 15) is 18.5 Å². The molecule has 2 N–H and O–H groups in total. The first-order chi connectivity index (χ1) is 15.1. The SMILES string of the molecule is CC1(C)C2=C(C(=O)c3ccc(N4CCN(S(N)(=O)=O)CC4)cc31)c1ccc(C#N)cc1C2. The fraction of sp³-hybridized carbons (Fsp3) is 0.333. The largest absolute Gasteiger partial charge is 0.369 e. The molecule has 0 saturated carbocycles. The highest BCUT2D eigenvalue weighted by molar-refractivity contribution is 7.86. The summed E-state index contributed by atoms with van der Waals surface area (Å²) in [5.74, 6) is 0.0309. The van der Waals surface area contributed by atoms with Crippen LogP contribution in [0.1, 0.15) is 46.5 Å². The van der Waals surface area contributed by atoms with Gasteiger partial charge in [0.15, 0.2) is 5.78 Å². The molecule has 3 aliphatic rings. The van der Waals surface area contributed by atoms with Crippen molar-refractivity contribution in [2.45, 2.75) is 25.7 Å². The van der Waals surface area contributed by atoms with Crippen molar-refractivity contribution in [2.75, 3.05) is 31.1 Å². The number of nitrogens with two attached hydrogens (primary N) is 1. The zero-order chi connectivity index (χ0) is 22.8. The minimum absolute atomic E-state index is 0.0309. The molecule has 0 spiro atoms. The fourth-order valence-electron chi connectivity index (χ4n) is 5.23. The van der Waals surface area contributed by atoms with Gasteiger partial charge in [-0.15, -0.1) is 0 Å². The number of piperazine rings is 1. The zero-order valence-corrected chi connectivity index (χ0v) is 18.9. The van der Waals surface area contributed by atoms with Gasteiger partial charge in [0, 0.05) is 48.4 Å². The number of ketones is 1. The van der Waals surface area contributed by atoms with Gasteiger partial charge >= 0.3 is 0 Å². The highest BCUT2D eigenvalue weighted by atomic mass is 32.2. The molecule has 0 bridgehead atoms. The standard InChI is InChI=1S/C24H24N4O3S/c1-24(2)20-13-17(27-7-9-28(10-8-27)32(26,30)31)4-6-19(20)23(29)22-18-5-3-15(14-25)11-16(18)12-21(22)24/h3-6,11,13H,7-10,12H2,1-2H3,(H2,26,30,31). The van der Waals surface area contributed by atoms with E-state index >= 15 is 0 Å². The topological polar surface area (TPSA) is 108 Å². The van der Waals surface area contributed by atoms with Crippen molar-refractivity contribution in [3.8, 4) is 6.07 Å². The Balaban J connectivity index is 1.50. The molecule has 164 valence electrons. The number of rotatable bonds is 2. The Labute approximate surface area is 187 Å². The van der Waals surface area contributed by atoms with Crippen LogP contribution in [0.4, 0.5) is 5.69 Å². The number of nitrogens with zero attached hydrogens (tertiary/aromatic N) is 3. The van der Waals surface area contributed by atoms with E-state index in [1.165, 1.54) is 4.31 Å². The molecule has 7 nitrogen and oxygen atoms in total. The number of carbonyl (C=O) groups excluding carboxylic acids is 1. The van der Waals surface area contributed by atoms with Gasteiger partial charge in [-0.05, 0) is 59.0 Å². The second-order valence-electron chi connectivity index (χ2n) is 9.13. The third-order valence-electron chi connectivity index (χ3n) is 7.04. The van der Waals surface area contributed by atoms with Crippen molar-refractivity contribution >= 4 is 27.3 Å². The van der Waals surface area contributed by atoms with Gasteiger partial charge in [0.25, 0.3) is 10.2 Å². The lowest BCUT2D eigenvalue weighted by molar-refractivity contribution is 0.105. The van der Waals surface area contributed by atoms with Gasteiger partial charge in [-0.25, -0.2) is 5.14 Å². The van der Waals surface area contributed by atoms with Gasteiger partial charge in [-0.1, -0.05) is 19.9 Å². The van der Waals surface area contributed by atoms with Gasteiger partial charge in [0.2, 0.25) is 0 Å². The van der Waals surface area contributed by atoms with Crippen molar-refractivity contribution in [2.24, 2.45) is 5.14 Å². The zero-order valence-electron chi connectivity index (χ0n) is 18.1. The Morgan fingerprint density at radius 2 is 1.72 bits per heavy atom. The van der Waals surface area contributed by atoms with E-state index in [1.54, 1.807) is 6.07 Å². The van der Waals surface area contributed by atoms with Crippen LogP contribution in [-0.4, -0.2) is 44.7 Å². The molecule has 0 atom stereocenters. The first kappa shape index (κ1) is 20.9. The Hall–Kier alpha value is -2.99. The molecule has 1 heterocycles. The number of Topliss-reactive ketones (excluding diaryl/α,β-unsaturated/α-hetero) is 1. The van der Waals surface area contributed by atoms with Crippen molar-refractivity contribution in [1.82, 2.24) is 4.31 Å². The maximum atomic E-state index is 13.5. The summed E-state index contributed by atoms with van der Waals surface area (Å²) in [5, 5.41) is 14.5. The van der Waals surface area contributed by atoms with E-state index < -0.39 is 10.2 Å². The van der Waals surface area contributed by atoms with Crippen molar-refractivity contribution in [1.29, 1.82) is 5.26 Å². The van der Waals surface area contributed by atoms with Crippen LogP contribution in [0, 0.1) is 11.3 Å². The number of hydrogen-bond acceptors (Lipinski definition) is 5. The normalized spacial score (nSPS) is 19.9. The summed E-state index contributed by atoms with van der Waals surface area (Å²) >= 11 is 0. The molecule has 2 aromatic carbocycles. The van der Waals surface area contributed by atoms with E-state index in [4.69, 9.17) is 5.14 Å². The Morgan fingerprint density at radius 1 is 1.03 bits per heavy atom. The van der Waals surface area contributed by atoms with Gasteiger partial charge in [-0.2, -0.15) is 18.0 Å². The Bertz CT molecular complexity index is 1340. The molecule has 1 aliphatic heterocycles. The summed E-state index contributed by atoms with van der Waals surface area (Å²) in [7, 11) is -3.68. The molecule has 1 fully saturated rings. The lowest BCUT2D eigenvalue weighted by Crippen LogP contribution is -2.50. The smallest absolute Gasteiger partial charge is 0.277 e. The highest BCUT2D eigenvalue weighted by Gasteiger charge is 2.43. The number of hydrogen-bond donors (Lipinski definition) is 1. The van der Waals surface area contributed by atoms with Crippen LogP contribution < -0.4 is 10.0 Å². The molecular formula is C24H24N4O3S. The van der Waals surface area contributed by atoms with Gasteiger partial charge < -0.3 is 4.90 Å². The van der Waals surface area contributed by atoms with Crippen molar-refractivity contribution < 1.29 is 13.2 Å². The van der Waals surface area contributed by atoms with E-state index in [1.807, 2.05) is 24.3 Å². The number of anilines is 1. The lowest BCUT2D eigenvalue weighted by Gasteiger charge is -2.38. The average Bonchev–Trinajstić information content (AvgIpc) is 3.17. The van der Waals surface area contributed by atoms with Crippen molar-refractivity contribution in [3.05, 3.63) is 69.8 Å². The minimum Gasteiger partial charge on any atom is -0.369 e. The fourth-order valence-corrected chi connectivity index (χ4v) is 5.90. The number of nitriles is 1. The maximum absolute atomic E-state index is 13.5. The first-order valence-corrected chi connectivity index (χ1v) is 12.1. The first-order valence-electron chi connectivity index (χ1n) is 10.6. The van der Waals surface area contributed by atoms with Crippen LogP contribution >= 0.6 is 0 Å². The summed E-state index contributed by atoms with van der Waals surface area (Å²) in [6, 6.07) is 13.7. The second kappa shape index (κ2) is 7.01. The summed E-state index contributed by atoms with van der Waals surface area (Å²) in [6.07, 6.45) is 0.662. The van der Waals surface area contributed by atoms with E-state index in [0.717, 1.165) is 33.5 Å². The number of benzene rings is 2. The average molecular weight is 449 g/mol. The van der Waals surface area contributed by atoms with E-state index in [0.29, 0.717) is 43.7 Å². The number of allylic oxidation sites excluding steroid dienone is 2. The van der Waals surface area contributed by atoms with Crippen LogP contribution in [0.3, 0.4) is 0 Å². The van der Waals surface area contributed by atoms with Gasteiger partial charge in [0.1, 0.15) is 0 Å². The maximum Gasteiger partial charge on any atom is 0.277 e. The van der Waals surface area contributed by atoms with Crippen LogP contribution in [0.15, 0.2) is 42.0 Å². The van der Waals surface area contributed by atoms with Crippen LogP contribution in [0.5, 0.6) is 0 Å². The number of fused-ring (bicyclic) bond motifs is 3. The molecule has 2 aliphatic carbocycles. The predicted molar refractivity (Wildman–Crippen MR) is 122 cm³/mol. The van der Waals surface area contributed by atoms with Crippen LogP contribution in [0.25, 0.3) is 5.57 Å². The third kappa shape index (κ3) is 3.08. The Kier molecular flexibility index (Phi) is 4.57. The summed E-state index contributed by atoms with van der Waals surface area (Å²) in [6.45, 7) is 6.05. The highest BCUT2D eigenvalue weighted by Crippen LogP contribution is 2.50. The molecule has 0 amide bonds. The molecular weight excluding hydrogens is 424 g/mol. The second-order valence-corrected chi connectivity index (χ2v) is 10.7. The monoisotopic (exact) mass is 448 g/mol. The Morgan fingerprint density at radius 3 is 2.38 bits per heavy atom. The summed E-state index contributed by atoms with van der Waals surface area (Å²) in [5.41, 5.74) is 6.76. The van der Waals surface area contributed by atoms with Crippen LogP contribution in [0.2, 0.25) is 0 Å². The van der Waals surface area contributed by atoms with Crippen molar-refractivity contribution in [3.63, 3.8) is 0 Å². The number of carbonyl (C=O) groups is 1. The molecule has 0 radical (unpaired) electrons. The summed E-state index contributed by atoms with van der Waals surface area (Å²) < 4.78 is 24.5. The molecule has 5 rings (SSSR count). The van der Waals surface area contributed by atoms with Gasteiger partial charge in [-0.3, -0.25) is 4.79 Å². The minimum atomic E-state index is -3.68. The molecule has 1 saturated heterocycles. The third-order valence-corrected chi connectivity index (χ3v) is 8.12. The van der Waals surface area contributed by atoms with E-state index in [-0.39, 0.29) is 11.2 Å². The summed E-state index contributed by atoms with van der Waals surface area (Å²) in [4.78, 5) is 15.7. The van der Waals surface area contributed by atoms with Crippen LogP contribution in [-0.2, 0) is 22.0 Å². The molecule has 2 aromatic rings. The quantitative estimate of drug-likeness (QED) is 0.759. The predicted octanol–water partition coefficient (Wildman–Crippen LogP) is 2.37.